The standard InChI is InChI=1S/C21H21F2NO4/c1-27-17-11-7-6-10-15(17)18-16(19(25)28-2)12-21(22,23)20(26)24(18)13-14-8-4-3-5-9-14/h3-11,16,18H,12-13H2,1-2H3/t16-,18+/m1/s1. The van der Waals surface area contributed by atoms with Gasteiger partial charge in [0.1, 0.15) is 5.75 Å². The van der Waals surface area contributed by atoms with Crippen LogP contribution in [0.15, 0.2) is 54.6 Å². The molecule has 28 heavy (non-hydrogen) atoms. The molecule has 1 aliphatic rings. The molecule has 2 aromatic rings. The summed E-state index contributed by atoms with van der Waals surface area (Å²) in [6.45, 7) is -0.0640. The van der Waals surface area contributed by atoms with E-state index in [4.69, 9.17) is 9.47 Å². The fourth-order valence-electron chi connectivity index (χ4n) is 3.64. The maximum atomic E-state index is 14.5. The Kier molecular flexibility index (Phi) is 5.63. The van der Waals surface area contributed by atoms with Gasteiger partial charge in [-0.25, -0.2) is 0 Å². The van der Waals surface area contributed by atoms with Crippen molar-refractivity contribution in [3.8, 4) is 5.75 Å². The minimum Gasteiger partial charge on any atom is -0.496 e. The van der Waals surface area contributed by atoms with Crippen LogP contribution in [0.5, 0.6) is 5.75 Å². The van der Waals surface area contributed by atoms with Gasteiger partial charge in [-0.05, 0) is 11.6 Å². The number of methoxy groups -OCH3 is 2. The number of carbonyl (C=O) groups excluding carboxylic acids is 2. The first kappa shape index (κ1) is 19.8. The number of piperidine rings is 1. The number of rotatable bonds is 5. The van der Waals surface area contributed by atoms with Crippen LogP contribution in [0, 0.1) is 5.92 Å². The van der Waals surface area contributed by atoms with E-state index in [0.29, 0.717) is 16.9 Å². The summed E-state index contributed by atoms with van der Waals surface area (Å²) >= 11 is 0. The number of hydrogen-bond donors (Lipinski definition) is 0. The maximum absolute atomic E-state index is 14.5. The Labute approximate surface area is 161 Å². The summed E-state index contributed by atoms with van der Waals surface area (Å²) in [5.41, 5.74) is 1.16. The summed E-state index contributed by atoms with van der Waals surface area (Å²) in [5.74, 6) is -6.57. The summed E-state index contributed by atoms with van der Waals surface area (Å²) in [5, 5.41) is 0. The van der Waals surface area contributed by atoms with Crippen LogP contribution >= 0.6 is 0 Å². The Hall–Kier alpha value is -2.96. The quantitative estimate of drug-likeness (QED) is 0.734. The van der Waals surface area contributed by atoms with Gasteiger partial charge in [0.05, 0.1) is 26.2 Å². The summed E-state index contributed by atoms with van der Waals surface area (Å²) < 4.78 is 39.2. The molecule has 1 heterocycles. The van der Waals surface area contributed by atoms with Gasteiger partial charge in [-0.2, -0.15) is 8.78 Å². The Morgan fingerprint density at radius 3 is 2.39 bits per heavy atom. The molecule has 5 nitrogen and oxygen atoms in total. The van der Waals surface area contributed by atoms with Crippen LogP contribution in [-0.4, -0.2) is 36.9 Å². The molecule has 2 aromatic carbocycles. The lowest BCUT2D eigenvalue weighted by atomic mass is 9.82. The van der Waals surface area contributed by atoms with Gasteiger partial charge >= 0.3 is 11.9 Å². The molecule has 0 saturated carbocycles. The fraction of sp³-hybridized carbons (Fsp3) is 0.333. The van der Waals surface area contributed by atoms with Crippen LogP contribution in [0.4, 0.5) is 8.78 Å². The molecule has 0 radical (unpaired) electrons. The second-order valence-corrected chi connectivity index (χ2v) is 6.64. The molecule has 7 heteroatoms. The van der Waals surface area contributed by atoms with Crippen LogP contribution < -0.4 is 4.74 Å². The van der Waals surface area contributed by atoms with E-state index in [-0.39, 0.29) is 6.54 Å². The van der Waals surface area contributed by atoms with E-state index < -0.39 is 36.2 Å². The van der Waals surface area contributed by atoms with Gasteiger partial charge in [0.15, 0.2) is 0 Å². The highest BCUT2D eigenvalue weighted by Gasteiger charge is 2.56. The van der Waals surface area contributed by atoms with Crippen molar-refractivity contribution in [1.29, 1.82) is 0 Å². The minimum atomic E-state index is -3.66. The van der Waals surface area contributed by atoms with Gasteiger partial charge in [0, 0.05) is 18.5 Å². The van der Waals surface area contributed by atoms with Crippen LogP contribution in [0.2, 0.25) is 0 Å². The zero-order valence-corrected chi connectivity index (χ0v) is 15.6. The van der Waals surface area contributed by atoms with E-state index in [0.717, 1.165) is 12.0 Å². The molecular weight excluding hydrogens is 368 g/mol. The number of carbonyl (C=O) groups is 2. The van der Waals surface area contributed by atoms with E-state index in [1.54, 1.807) is 54.6 Å². The summed E-state index contributed by atoms with van der Waals surface area (Å²) in [7, 11) is 2.60. The Morgan fingerprint density at radius 1 is 1.11 bits per heavy atom. The monoisotopic (exact) mass is 389 g/mol. The molecule has 0 bridgehead atoms. The van der Waals surface area contributed by atoms with Crippen LogP contribution in [0.1, 0.15) is 23.6 Å². The molecule has 0 N–H and O–H groups in total. The van der Waals surface area contributed by atoms with Crippen molar-refractivity contribution in [3.63, 3.8) is 0 Å². The number of benzene rings is 2. The van der Waals surface area contributed by atoms with Gasteiger partial charge in [-0.1, -0.05) is 48.5 Å². The van der Waals surface area contributed by atoms with Crippen molar-refractivity contribution in [1.82, 2.24) is 4.90 Å². The number of para-hydroxylation sites is 1. The van der Waals surface area contributed by atoms with Gasteiger partial charge < -0.3 is 14.4 Å². The zero-order chi connectivity index (χ0) is 20.3. The predicted octanol–water partition coefficient (Wildman–Crippen LogP) is 3.59. The molecule has 0 unspecified atom stereocenters. The minimum absolute atomic E-state index is 0.0640. The molecular formula is C21H21F2NO4. The number of ether oxygens (including phenoxy) is 2. The van der Waals surface area contributed by atoms with Gasteiger partial charge in [0.25, 0.3) is 5.91 Å². The topological polar surface area (TPSA) is 55.8 Å². The zero-order valence-electron chi connectivity index (χ0n) is 15.6. The van der Waals surface area contributed by atoms with Crippen molar-refractivity contribution >= 4 is 11.9 Å². The first-order valence-electron chi connectivity index (χ1n) is 8.82. The smallest absolute Gasteiger partial charge is 0.325 e. The predicted molar refractivity (Wildman–Crippen MR) is 97.8 cm³/mol. The number of nitrogens with zero attached hydrogens (tertiary/aromatic N) is 1. The van der Waals surface area contributed by atoms with Crippen molar-refractivity contribution in [2.75, 3.05) is 14.2 Å². The molecule has 0 spiro atoms. The lowest BCUT2D eigenvalue weighted by molar-refractivity contribution is -0.182. The van der Waals surface area contributed by atoms with E-state index in [1.165, 1.54) is 7.11 Å². The van der Waals surface area contributed by atoms with E-state index in [9.17, 15) is 18.4 Å². The lowest BCUT2D eigenvalue weighted by Crippen LogP contribution is -2.55. The first-order chi connectivity index (χ1) is 13.4. The third-order valence-electron chi connectivity index (χ3n) is 4.92. The van der Waals surface area contributed by atoms with Crippen molar-refractivity contribution in [2.24, 2.45) is 5.92 Å². The number of esters is 1. The molecule has 0 aromatic heterocycles. The average Bonchev–Trinajstić information content (AvgIpc) is 2.71. The van der Waals surface area contributed by atoms with E-state index in [1.807, 2.05) is 0 Å². The summed E-state index contributed by atoms with van der Waals surface area (Å²) in [6.07, 6.45) is -0.910. The normalized spacial score (nSPS) is 21.3. The second-order valence-electron chi connectivity index (χ2n) is 6.64. The van der Waals surface area contributed by atoms with Gasteiger partial charge in [0.2, 0.25) is 0 Å². The highest BCUT2D eigenvalue weighted by molar-refractivity contribution is 5.88. The highest BCUT2D eigenvalue weighted by atomic mass is 19.3. The lowest BCUT2D eigenvalue weighted by Gasteiger charge is -2.43. The van der Waals surface area contributed by atoms with Crippen LogP contribution in [-0.2, 0) is 20.9 Å². The number of likely N-dealkylation sites (tertiary alicyclic amines) is 1. The number of halogens is 2. The molecule has 3 rings (SSSR count). The molecule has 0 aliphatic carbocycles. The maximum Gasteiger partial charge on any atom is 0.325 e. The molecule has 1 amide bonds. The number of amides is 1. The Morgan fingerprint density at radius 2 is 1.75 bits per heavy atom. The molecule has 148 valence electrons. The number of alkyl halides is 2. The third-order valence-corrected chi connectivity index (χ3v) is 4.92. The van der Waals surface area contributed by atoms with E-state index >= 15 is 0 Å². The van der Waals surface area contributed by atoms with Crippen molar-refractivity contribution in [2.45, 2.75) is 24.9 Å². The first-order valence-corrected chi connectivity index (χ1v) is 8.82. The average molecular weight is 389 g/mol. The Bertz CT molecular complexity index is 856. The number of hydrogen-bond acceptors (Lipinski definition) is 4. The second kappa shape index (κ2) is 7.96. The van der Waals surface area contributed by atoms with Gasteiger partial charge in [-0.3, -0.25) is 9.59 Å². The SMILES string of the molecule is COC(=O)[C@@H]1CC(F)(F)C(=O)N(Cc2ccccc2)[C@H]1c1ccccc1OC. The van der Waals surface area contributed by atoms with Crippen molar-refractivity contribution in [3.05, 3.63) is 65.7 Å². The van der Waals surface area contributed by atoms with Crippen LogP contribution in [0.25, 0.3) is 0 Å². The highest BCUT2D eigenvalue weighted by Crippen LogP contribution is 2.46. The largest absolute Gasteiger partial charge is 0.496 e. The Balaban J connectivity index is 2.13. The molecule has 1 saturated heterocycles. The van der Waals surface area contributed by atoms with Crippen LogP contribution in [0.3, 0.4) is 0 Å². The summed E-state index contributed by atoms with van der Waals surface area (Å²) in [4.78, 5) is 26.1. The fourth-order valence-corrected chi connectivity index (χ4v) is 3.64. The molecule has 1 aliphatic heterocycles. The molecule has 2 atom stereocenters. The third kappa shape index (κ3) is 3.69. The summed E-state index contributed by atoms with van der Waals surface area (Å²) in [6, 6.07) is 14.7. The molecule has 1 fully saturated rings. The van der Waals surface area contributed by atoms with Crippen molar-refractivity contribution < 1.29 is 27.8 Å². The van der Waals surface area contributed by atoms with Gasteiger partial charge in [-0.15, -0.1) is 0 Å². The van der Waals surface area contributed by atoms with E-state index in [2.05, 4.69) is 0 Å².